The van der Waals surface area contributed by atoms with E-state index in [4.69, 9.17) is 11.6 Å². The Hall–Kier alpha value is -2.36. The number of hydrogen-bond donors (Lipinski definition) is 2. The van der Waals surface area contributed by atoms with Crippen molar-refractivity contribution in [3.63, 3.8) is 0 Å². The largest absolute Gasteiger partial charge is 0.390 e. The van der Waals surface area contributed by atoms with Crippen molar-refractivity contribution in [1.29, 1.82) is 0 Å². The van der Waals surface area contributed by atoms with Crippen LogP contribution in [-0.4, -0.2) is 30.3 Å². The van der Waals surface area contributed by atoms with Gasteiger partial charge in [-0.05, 0) is 62.1 Å². The van der Waals surface area contributed by atoms with E-state index in [1.54, 1.807) is 6.08 Å². The Morgan fingerprint density at radius 3 is 2.29 bits per heavy atom. The van der Waals surface area contributed by atoms with Crippen molar-refractivity contribution in [2.45, 2.75) is 47.9 Å². The molecule has 5 nitrogen and oxygen atoms in total. The van der Waals surface area contributed by atoms with Crippen LogP contribution in [-0.2, 0) is 9.84 Å². The Labute approximate surface area is 200 Å². The van der Waals surface area contributed by atoms with Crippen LogP contribution in [0.3, 0.4) is 0 Å². The maximum atomic E-state index is 13.6. The molecule has 2 aromatic rings. The number of aliphatic hydroxyl groups is 1. The first-order valence-electron chi connectivity index (χ1n) is 10.8. The second-order valence-corrected chi connectivity index (χ2v) is 11.6. The van der Waals surface area contributed by atoms with Gasteiger partial charge in [-0.15, -0.1) is 6.58 Å². The van der Waals surface area contributed by atoms with Crippen LogP contribution in [0.15, 0.2) is 47.9 Å². The van der Waals surface area contributed by atoms with Crippen molar-refractivity contribution < 1.29 is 31.5 Å². The third-order valence-corrected chi connectivity index (χ3v) is 9.62. The molecule has 10 heteroatoms. The van der Waals surface area contributed by atoms with Crippen LogP contribution >= 0.6 is 11.6 Å². The fourth-order valence-corrected chi connectivity index (χ4v) is 8.26. The molecule has 2 fully saturated rings. The summed E-state index contributed by atoms with van der Waals surface area (Å²) in [4.78, 5) is 12.4. The molecule has 0 radical (unpaired) electrons. The SMILES string of the molecule is C=CCC1(O)C[C@@H]2CC[C@@H](C1)C2S(=O)(=O)c1cc(C(=O)Nc2cc(F)c(F)c(F)c2)ccc1Cl. The normalized spacial score (nSPS) is 26.3. The van der Waals surface area contributed by atoms with E-state index in [2.05, 4.69) is 11.9 Å². The predicted octanol–water partition coefficient (Wildman–Crippen LogP) is 5.28. The molecule has 2 bridgehead atoms. The molecule has 2 aliphatic carbocycles. The molecule has 0 saturated heterocycles. The van der Waals surface area contributed by atoms with E-state index in [0.717, 1.165) is 6.07 Å². The van der Waals surface area contributed by atoms with E-state index < -0.39 is 44.0 Å². The van der Waals surface area contributed by atoms with Crippen LogP contribution in [0.1, 0.15) is 42.5 Å². The molecule has 182 valence electrons. The molecule has 34 heavy (non-hydrogen) atoms. The number of rotatable bonds is 6. The number of carbonyl (C=O) groups is 1. The molecule has 2 saturated carbocycles. The lowest BCUT2D eigenvalue weighted by Crippen LogP contribution is -2.45. The van der Waals surface area contributed by atoms with Gasteiger partial charge >= 0.3 is 0 Å². The van der Waals surface area contributed by atoms with Crippen LogP contribution in [0.25, 0.3) is 0 Å². The van der Waals surface area contributed by atoms with Crippen molar-refractivity contribution >= 4 is 33.0 Å². The van der Waals surface area contributed by atoms with Crippen molar-refractivity contribution in [3.8, 4) is 0 Å². The van der Waals surface area contributed by atoms with Gasteiger partial charge in [-0.3, -0.25) is 4.79 Å². The number of benzene rings is 2. The topological polar surface area (TPSA) is 83.5 Å². The summed E-state index contributed by atoms with van der Waals surface area (Å²) in [5, 5.41) is 12.3. The zero-order valence-electron chi connectivity index (χ0n) is 18.0. The maximum Gasteiger partial charge on any atom is 0.255 e. The van der Waals surface area contributed by atoms with Gasteiger partial charge in [0.15, 0.2) is 27.3 Å². The highest BCUT2D eigenvalue weighted by Crippen LogP contribution is 2.52. The van der Waals surface area contributed by atoms with Gasteiger partial charge in [0.2, 0.25) is 0 Å². The molecular weight excluding hydrogens is 491 g/mol. The monoisotopic (exact) mass is 513 g/mol. The molecule has 2 N–H and O–H groups in total. The van der Waals surface area contributed by atoms with Crippen molar-refractivity contribution in [1.82, 2.24) is 0 Å². The molecule has 0 aliphatic heterocycles. The number of sulfone groups is 1. The lowest BCUT2D eigenvalue weighted by molar-refractivity contribution is -0.0161. The summed E-state index contributed by atoms with van der Waals surface area (Å²) in [6, 6.07) is 4.93. The maximum absolute atomic E-state index is 13.6. The smallest absolute Gasteiger partial charge is 0.255 e. The van der Waals surface area contributed by atoms with Crippen molar-refractivity contribution in [3.05, 3.63) is 71.0 Å². The van der Waals surface area contributed by atoms with Crippen LogP contribution in [0, 0.1) is 29.3 Å². The zero-order chi connectivity index (χ0) is 24.8. The molecule has 2 aromatic carbocycles. The lowest BCUT2D eigenvalue weighted by Gasteiger charge is -2.40. The van der Waals surface area contributed by atoms with Gasteiger partial charge in [0.25, 0.3) is 5.91 Å². The van der Waals surface area contributed by atoms with E-state index in [1.807, 2.05) is 0 Å². The number of halogens is 4. The third kappa shape index (κ3) is 4.48. The van der Waals surface area contributed by atoms with Crippen molar-refractivity contribution in [2.75, 3.05) is 5.32 Å². The van der Waals surface area contributed by atoms with Gasteiger partial charge in [0.1, 0.15) is 0 Å². The highest BCUT2D eigenvalue weighted by Gasteiger charge is 2.53. The highest BCUT2D eigenvalue weighted by molar-refractivity contribution is 7.92. The summed E-state index contributed by atoms with van der Waals surface area (Å²) in [5.74, 6) is -5.97. The molecule has 2 aliphatic rings. The van der Waals surface area contributed by atoms with Crippen LogP contribution in [0.5, 0.6) is 0 Å². The molecule has 1 amide bonds. The van der Waals surface area contributed by atoms with Gasteiger partial charge in [-0.25, -0.2) is 21.6 Å². The van der Waals surface area contributed by atoms with Crippen molar-refractivity contribution in [2.24, 2.45) is 11.8 Å². The standard InChI is InChI=1S/C24H23ClF3NO4S/c1-2-7-24(31)11-14-3-4-15(12-24)22(14)34(32,33)20-8-13(5-6-17(20)25)23(30)29-16-9-18(26)21(28)19(27)10-16/h2,5-6,8-10,14-15,22,31H,1,3-4,7,11-12H2,(H,29,30)/t14-,15-,22?,24?/m0/s1. The summed E-state index contributed by atoms with van der Waals surface area (Å²) in [6.07, 6.45) is 4.00. The minimum atomic E-state index is -3.96. The fourth-order valence-electron chi connectivity index (χ4n) is 5.42. The number of anilines is 1. The summed E-state index contributed by atoms with van der Waals surface area (Å²) in [6.45, 7) is 3.67. The Balaban J connectivity index is 1.62. The van der Waals surface area contributed by atoms with E-state index >= 15 is 0 Å². The second-order valence-electron chi connectivity index (χ2n) is 9.09. The van der Waals surface area contributed by atoms with E-state index in [1.165, 1.54) is 12.1 Å². The molecule has 0 unspecified atom stereocenters. The molecule has 0 heterocycles. The van der Waals surface area contributed by atoms with Gasteiger partial charge < -0.3 is 10.4 Å². The Bertz CT molecular complexity index is 1230. The van der Waals surface area contributed by atoms with E-state index in [0.29, 0.717) is 44.2 Å². The minimum absolute atomic E-state index is 0.0539. The minimum Gasteiger partial charge on any atom is -0.390 e. The first-order chi connectivity index (χ1) is 15.9. The average Bonchev–Trinajstić information content (AvgIpc) is 3.05. The van der Waals surface area contributed by atoms with Crippen LogP contribution < -0.4 is 5.32 Å². The summed E-state index contributed by atoms with van der Waals surface area (Å²) in [5.41, 5.74) is -1.41. The van der Waals surface area contributed by atoms with E-state index in [9.17, 15) is 31.5 Å². The molecule has 0 spiro atoms. The molecule has 4 rings (SSSR count). The predicted molar refractivity (Wildman–Crippen MR) is 122 cm³/mol. The summed E-state index contributed by atoms with van der Waals surface area (Å²) >= 11 is 6.23. The first-order valence-corrected chi connectivity index (χ1v) is 12.7. The van der Waals surface area contributed by atoms with Gasteiger partial charge in [-0.1, -0.05) is 17.7 Å². The quantitative estimate of drug-likeness (QED) is 0.406. The number of hydrogen-bond acceptors (Lipinski definition) is 4. The van der Waals surface area contributed by atoms with E-state index in [-0.39, 0.29) is 33.0 Å². The number of nitrogens with one attached hydrogen (secondary N) is 1. The van der Waals surface area contributed by atoms with Crippen LogP contribution in [0.2, 0.25) is 5.02 Å². The average molecular weight is 514 g/mol. The highest BCUT2D eigenvalue weighted by atomic mass is 35.5. The van der Waals surface area contributed by atoms with Crippen LogP contribution in [0.4, 0.5) is 18.9 Å². The Morgan fingerprint density at radius 1 is 1.15 bits per heavy atom. The molecule has 2 atom stereocenters. The number of fused-ring (bicyclic) bond motifs is 2. The summed E-state index contributed by atoms with van der Waals surface area (Å²) < 4.78 is 67.4. The molecule has 0 aromatic heterocycles. The molecular formula is C24H23ClF3NO4S. The Morgan fingerprint density at radius 2 is 1.74 bits per heavy atom. The summed E-state index contributed by atoms with van der Waals surface area (Å²) in [7, 11) is -3.96. The Kier molecular flexibility index (Phi) is 6.56. The lowest BCUT2D eigenvalue weighted by atomic mass is 9.75. The van der Waals surface area contributed by atoms with Gasteiger partial charge in [0.05, 0.1) is 20.8 Å². The van der Waals surface area contributed by atoms with Gasteiger partial charge in [-0.2, -0.15) is 0 Å². The zero-order valence-corrected chi connectivity index (χ0v) is 19.6. The first kappa shape index (κ1) is 24.8. The number of amides is 1. The number of carbonyl (C=O) groups excluding carboxylic acids is 1. The second kappa shape index (κ2) is 9.02. The third-order valence-electron chi connectivity index (χ3n) is 6.75. The fraction of sp³-hybridized carbons (Fsp3) is 0.375. The van der Waals surface area contributed by atoms with Gasteiger partial charge in [0, 0.05) is 23.4 Å².